The SMILES string of the molecule is COc1cnccc1C(=O)Nc1ccc(O)c(F)c1. The molecule has 1 amide bonds. The number of benzene rings is 1. The van der Waals surface area contributed by atoms with Crippen molar-refractivity contribution in [3.8, 4) is 11.5 Å². The maximum Gasteiger partial charge on any atom is 0.259 e. The van der Waals surface area contributed by atoms with Gasteiger partial charge in [-0.1, -0.05) is 0 Å². The number of ether oxygens (including phenoxy) is 1. The van der Waals surface area contributed by atoms with E-state index >= 15 is 0 Å². The Morgan fingerprint density at radius 3 is 2.89 bits per heavy atom. The maximum atomic E-state index is 13.1. The highest BCUT2D eigenvalue weighted by atomic mass is 19.1. The number of phenolic OH excluding ortho intramolecular Hbond substituents is 1. The Labute approximate surface area is 108 Å². The Bertz CT molecular complexity index is 617. The summed E-state index contributed by atoms with van der Waals surface area (Å²) < 4.78 is 18.2. The fourth-order valence-corrected chi connectivity index (χ4v) is 1.51. The molecule has 1 heterocycles. The van der Waals surface area contributed by atoms with E-state index < -0.39 is 17.5 Å². The molecule has 0 spiro atoms. The minimum atomic E-state index is -0.806. The van der Waals surface area contributed by atoms with Crippen LogP contribution in [0, 0.1) is 5.82 Å². The Balaban J connectivity index is 2.23. The molecule has 5 nitrogen and oxygen atoms in total. The third-order valence-corrected chi connectivity index (χ3v) is 2.45. The van der Waals surface area contributed by atoms with Gasteiger partial charge in [-0.3, -0.25) is 9.78 Å². The second-order valence-electron chi connectivity index (χ2n) is 3.70. The number of anilines is 1. The minimum absolute atomic E-state index is 0.235. The van der Waals surface area contributed by atoms with Gasteiger partial charge in [-0.05, 0) is 18.2 Å². The average molecular weight is 262 g/mol. The number of phenols is 1. The highest BCUT2D eigenvalue weighted by Gasteiger charge is 2.12. The highest BCUT2D eigenvalue weighted by molar-refractivity contribution is 6.06. The molecule has 2 rings (SSSR count). The van der Waals surface area contributed by atoms with Crippen molar-refractivity contribution in [3.63, 3.8) is 0 Å². The molecule has 0 aliphatic carbocycles. The van der Waals surface area contributed by atoms with Crippen LogP contribution >= 0.6 is 0 Å². The summed E-state index contributed by atoms with van der Waals surface area (Å²) in [7, 11) is 1.42. The minimum Gasteiger partial charge on any atom is -0.505 e. The molecule has 0 bridgehead atoms. The lowest BCUT2D eigenvalue weighted by Crippen LogP contribution is -2.13. The zero-order valence-electron chi connectivity index (χ0n) is 10.1. The molecule has 0 unspecified atom stereocenters. The van der Waals surface area contributed by atoms with E-state index in [-0.39, 0.29) is 11.3 Å². The molecule has 0 radical (unpaired) electrons. The molecule has 2 aromatic rings. The van der Waals surface area contributed by atoms with E-state index in [1.165, 1.54) is 31.6 Å². The number of carbonyl (C=O) groups is 1. The second kappa shape index (κ2) is 5.34. The molecule has 0 aliphatic rings. The summed E-state index contributed by atoms with van der Waals surface area (Å²) in [5.74, 6) is -1.41. The van der Waals surface area contributed by atoms with Crippen LogP contribution in [0.1, 0.15) is 10.4 Å². The molecule has 0 saturated carbocycles. The summed E-state index contributed by atoms with van der Waals surface area (Å²) >= 11 is 0. The van der Waals surface area contributed by atoms with Crippen molar-refractivity contribution in [2.45, 2.75) is 0 Å². The normalized spacial score (nSPS) is 10.0. The molecule has 0 fully saturated rings. The predicted octanol–water partition coefficient (Wildman–Crippen LogP) is 2.19. The molecular formula is C13H11FN2O3. The van der Waals surface area contributed by atoms with Gasteiger partial charge in [0.1, 0.15) is 5.75 Å². The van der Waals surface area contributed by atoms with E-state index in [1.807, 2.05) is 0 Å². The first kappa shape index (κ1) is 12.8. The summed E-state index contributed by atoms with van der Waals surface area (Å²) in [6.07, 6.45) is 2.86. The first-order chi connectivity index (χ1) is 9.11. The van der Waals surface area contributed by atoms with Crippen molar-refractivity contribution in [2.24, 2.45) is 0 Å². The van der Waals surface area contributed by atoms with Crippen LogP contribution in [-0.4, -0.2) is 23.1 Å². The second-order valence-corrected chi connectivity index (χ2v) is 3.70. The Morgan fingerprint density at radius 2 is 2.21 bits per heavy atom. The van der Waals surface area contributed by atoms with Crippen LogP contribution in [0.15, 0.2) is 36.7 Å². The number of halogens is 1. The van der Waals surface area contributed by atoms with Gasteiger partial charge in [0.25, 0.3) is 5.91 Å². The lowest BCUT2D eigenvalue weighted by atomic mass is 10.2. The van der Waals surface area contributed by atoms with Gasteiger partial charge in [0, 0.05) is 18.0 Å². The number of hydrogen-bond donors (Lipinski definition) is 2. The van der Waals surface area contributed by atoms with Crippen molar-refractivity contribution >= 4 is 11.6 Å². The highest BCUT2D eigenvalue weighted by Crippen LogP contribution is 2.21. The number of nitrogens with one attached hydrogen (secondary N) is 1. The number of methoxy groups -OCH3 is 1. The standard InChI is InChI=1S/C13H11FN2O3/c1-19-12-7-15-5-4-9(12)13(18)16-8-2-3-11(17)10(14)6-8/h2-7,17H,1H3,(H,16,18). The van der Waals surface area contributed by atoms with Gasteiger partial charge >= 0.3 is 0 Å². The summed E-state index contributed by atoms with van der Waals surface area (Å²) in [5, 5.41) is 11.6. The third-order valence-electron chi connectivity index (χ3n) is 2.45. The van der Waals surface area contributed by atoms with E-state index in [4.69, 9.17) is 9.84 Å². The topological polar surface area (TPSA) is 71.5 Å². The number of pyridine rings is 1. The number of amides is 1. The number of aromatic nitrogens is 1. The van der Waals surface area contributed by atoms with E-state index in [9.17, 15) is 9.18 Å². The van der Waals surface area contributed by atoms with Gasteiger partial charge < -0.3 is 15.2 Å². The molecule has 19 heavy (non-hydrogen) atoms. The maximum absolute atomic E-state index is 13.1. The number of hydrogen-bond acceptors (Lipinski definition) is 4. The van der Waals surface area contributed by atoms with Crippen molar-refractivity contribution in [1.82, 2.24) is 4.98 Å². The van der Waals surface area contributed by atoms with Crippen LogP contribution in [0.25, 0.3) is 0 Å². The Hall–Kier alpha value is -2.63. The van der Waals surface area contributed by atoms with E-state index in [0.29, 0.717) is 5.75 Å². The van der Waals surface area contributed by atoms with Gasteiger partial charge in [-0.15, -0.1) is 0 Å². The molecule has 98 valence electrons. The third kappa shape index (κ3) is 2.79. The summed E-state index contributed by atoms with van der Waals surface area (Å²) in [4.78, 5) is 15.8. The molecule has 0 atom stereocenters. The van der Waals surface area contributed by atoms with E-state index in [0.717, 1.165) is 12.1 Å². The van der Waals surface area contributed by atoms with Gasteiger partial charge in [0.05, 0.1) is 18.9 Å². The molecule has 0 saturated heterocycles. The molecule has 2 N–H and O–H groups in total. The van der Waals surface area contributed by atoms with Gasteiger partial charge in [-0.25, -0.2) is 4.39 Å². The van der Waals surface area contributed by atoms with Gasteiger partial charge in [-0.2, -0.15) is 0 Å². The predicted molar refractivity (Wildman–Crippen MR) is 66.8 cm³/mol. The van der Waals surface area contributed by atoms with E-state index in [2.05, 4.69) is 10.3 Å². The van der Waals surface area contributed by atoms with Crippen LogP contribution < -0.4 is 10.1 Å². The van der Waals surface area contributed by atoms with Crippen LogP contribution in [0.5, 0.6) is 11.5 Å². The number of nitrogens with zero attached hydrogens (tertiary/aromatic N) is 1. The molecular weight excluding hydrogens is 251 g/mol. The lowest BCUT2D eigenvalue weighted by Gasteiger charge is -2.08. The number of rotatable bonds is 3. The quantitative estimate of drug-likeness (QED) is 0.832. The zero-order chi connectivity index (χ0) is 13.8. The van der Waals surface area contributed by atoms with Crippen molar-refractivity contribution in [3.05, 3.63) is 48.0 Å². The van der Waals surface area contributed by atoms with Crippen LogP contribution in [-0.2, 0) is 0 Å². The summed E-state index contributed by atoms with van der Waals surface area (Å²) in [6, 6.07) is 5.07. The Morgan fingerprint density at radius 1 is 1.42 bits per heavy atom. The smallest absolute Gasteiger partial charge is 0.259 e. The number of aromatic hydroxyl groups is 1. The Kier molecular flexibility index (Phi) is 3.61. The molecule has 1 aromatic carbocycles. The van der Waals surface area contributed by atoms with E-state index in [1.54, 1.807) is 0 Å². The van der Waals surface area contributed by atoms with Gasteiger partial charge in [0.2, 0.25) is 0 Å². The summed E-state index contributed by atoms with van der Waals surface area (Å²) in [5.41, 5.74) is 0.519. The lowest BCUT2D eigenvalue weighted by molar-refractivity contribution is 0.102. The monoisotopic (exact) mass is 262 g/mol. The van der Waals surface area contributed by atoms with Crippen LogP contribution in [0.2, 0.25) is 0 Å². The summed E-state index contributed by atoms with van der Waals surface area (Å²) in [6.45, 7) is 0. The largest absolute Gasteiger partial charge is 0.505 e. The first-order valence-electron chi connectivity index (χ1n) is 5.39. The fraction of sp³-hybridized carbons (Fsp3) is 0.0769. The van der Waals surface area contributed by atoms with Gasteiger partial charge in [0.15, 0.2) is 11.6 Å². The van der Waals surface area contributed by atoms with Crippen LogP contribution in [0.4, 0.5) is 10.1 Å². The van der Waals surface area contributed by atoms with Crippen LogP contribution in [0.3, 0.4) is 0 Å². The number of carbonyl (C=O) groups excluding carboxylic acids is 1. The van der Waals surface area contributed by atoms with Crippen molar-refractivity contribution in [1.29, 1.82) is 0 Å². The average Bonchev–Trinajstić information content (AvgIpc) is 2.43. The molecule has 6 heteroatoms. The van der Waals surface area contributed by atoms with Crippen molar-refractivity contribution in [2.75, 3.05) is 12.4 Å². The zero-order valence-corrected chi connectivity index (χ0v) is 10.1. The molecule has 0 aliphatic heterocycles. The first-order valence-corrected chi connectivity index (χ1v) is 5.39. The molecule has 1 aromatic heterocycles. The van der Waals surface area contributed by atoms with Crippen molar-refractivity contribution < 1.29 is 19.0 Å². The fourth-order valence-electron chi connectivity index (χ4n) is 1.51.